The van der Waals surface area contributed by atoms with Gasteiger partial charge in [0.05, 0.1) is 16.8 Å². The van der Waals surface area contributed by atoms with E-state index in [2.05, 4.69) is 40.8 Å². The minimum absolute atomic E-state index is 0.0333. The molecular formula is C26H44O5SSi. The first-order valence-corrected chi connectivity index (χ1v) is 16.7. The lowest BCUT2D eigenvalue weighted by Gasteiger charge is -2.46. The predicted molar refractivity (Wildman–Crippen MR) is 138 cm³/mol. The molecule has 0 amide bonds. The molecule has 3 atom stereocenters. The molecule has 0 saturated heterocycles. The topological polar surface area (TPSA) is 61.8 Å². The summed E-state index contributed by atoms with van der Waals surface area (Å²) in [6.45, 7) is 18.5. The van der Waals surface area contributed by atoms with Gasteiger partial charge < -0.3 is 13.9 Å². The van der Waals surface area contributed by atoms with E-state index in [0.29, 0.717) is 18.1 Å². The van der Waals surface area contributed by atoms with Crippen LogP contribution in [-0.4, -0.2) is 48.1 Å². The highest BCUT2D eigenvalue weighted by Crippen LogP contribution is 2.44. The SMILES string of the molecule is CCOC(C)O[C@@H]1/C(=C\CS(=O)(=O)c2ccccc2)CCC[C@]1(C)CO[Si](C)(C)C(C)(C)C. The Balaban J connectivity index is 2.31. The van der Waals surface area contributed by atoms with Gasteiger partial charge in [-0.3, -0.25) is 0 Å². The number of ether oxygens (including phenoxy) is 2. The molecule has 5 nitrogen and oxygen atoms in total. The molecule has 0 radical (unpaired) electrons. The van der Waals surface area contributed by atoms with Gasteiger partial charge in [0.15, 0.2) is 24.4 Å². The normalized spacial score (nSPS) is 24.7. The summed E-state index contributed by atoms with van der Waals surface area (Å²) in [7, 11) is -5.34. The van der Waals surface area contributed by atoms with Crippen molar-refractivity contribution in [2.24, 2.45) is 5.41 Å². The maximum Gasteiger partial charge on any atom is 0.192 e. The second kappa shape index (κ2) is 11.2. The van der Waals surface area contributed by atoms with E-state index in [-0.39, 0.29) is 28.6 Å². The van der Waals surface area contributed by atoms with Crippen molar-refractivity contribution in [1.29, 1.82) is 0 Å². The molecule has 1 aromatic carbocycles. The molecule has 0 bridgehead atoms. The van der Waals surface area contributed by atoms with Gasteiger partial charge in [0.1, 0.15) is 0 Å². The van der Waals surface area contributed by atoms with Gasteiger partial charge in [0.2, 0.25) is 0 Å². The van der Waals surface area contributed by atoms with Crippen molar-refractivity contribution in [1.82, 2.24) is 0 Å². The van der Waals surface area contributed by atoms with Gasteiger partial charge in [-0.15, -0.1) is 0 Å². The molecule has 1 aromatic rings. The van der Waals surface area contributed by atoms with Crippen molar-refractivity contribution in [3.8, 4) is 0 Å². The van der Waals surface area contributed by atoms with E-state index >= 15 is 0 Å². The quantitative estimate of drug-likeness (QED) is 0.214. The molecule has 0 aliphatic heterocycles. The summed E-state index contributed by atoms with van der Waals surface area (Å²) >= 11 is 0. The minimum atomic E-state index is -3.40. The van der Waals surface area contributed by atoms with Crippen LogP contribution in [0.3, 0.4) is 0 Å². The summed E-state index contributed by atoms with van der Waals surface area (Å²) in [6.07, 6.45) is 4.02. The molecule has 2 rings (SSSR count). The molecule has 188 valence electrons. The average molecular weight is 497 g/mol. The highest BCUT2D eigenvalue weighted by atomic mass is 32.2. The summed E-state index contributed by atoms with van der Waals surface area (Å²) in [4.78, 5) is 0.349. The molecule has 7 heteroatoms. The standard InChI is InChI=1S/C26H44O5SSi/c1-9-29-21(2)31-24-22(17-19-32(27,28)23-15-11-10-12-16-23)14-13-18-26(24,6)20-30-33(7,8)25(3,4)5/h10-12,15-17,21,24H,9,13-14,18-20H2,1-8H3/b22-17-/t21?,24-,26-/m1/s1. The van der Waals surface area contributed by atoms with Crippen molar-refractivity contribution in [2.75, 3.05) is 19.0 Å². The first kappa shape index (κ1) is 28.2. The van der Waals surface area contributed by atoms with Crippen LogP contribution in [0.15, 0.2) is 46.9 Å². The van der Waals surface area contributed by atoms with Crippen molar-refractivity contribution < 1.29 is 22.3 Å². The summed E-state index contributed by atoms with van der Waals surface area (Å²) in [5.74, 6) is -0.0333. The predicted octanol–water partition coefficient (Wildman–Crippen LogP) is 6.37. The summed E-state index contributed by atoms with van der Waals surface area (Å²) in [6, 6.07) is 8.64. The van der Waals surface area contributed by atoms with Crippen LogP contribution in [0.25, 0.3) is 0 Å². The lowest BCUT2D eigenvalue weighted by atomic mass is 9.71. The third kappa shape index (κ3) is 7.49. The highest BCUT2D eigenvalue weighted by Gasteiger charge is 2.45. The van der Waals surface area contributed by atoms with Gasteiger partial charge in [-0.25, -0.2) is 8.42 Å². The maximum absolute atomic E-state index is 12.9. The van der Waals surface area contributed by atoms with E-state index < -0.39 is 18.2 Å². The minimum Gasteiger partial charge on any atom is -0.416 e. The Kier molecular flexibility index (Phi) is 9.56. The zero-order valence-corrected chi connectivity index (χ0v) is 23.6. The van der Waals surface area contributed by atoms with E-state index in [9.17, 15) is 8.42 Å². The number of hydrogen-bond acceptors (Lipinski definition) is 5. The fraction of sp³-hybridized carbons (Fsp3) is 0.692. The first-order chi connectivity index (χ1) is 15.2. The molecule has 0 aromatic heterocycles. The zero-order valence-electron chi connectivity index (χ0n) is 21.8. The van der Waals surface area contributed by atoms with Crippen molar-refractivity contribution in [2.45, 2.75) is 96.2 Å². The summed E-state index contributed by atoms with van der Waals surface area (Å²) in [5, 5.41) is 0.120. The largest absolute Gasteiger partial charge is 0.416 e. The summed E-state index contributed by atoms with van der Waals surface area (Å²) < 4.78 is 44.6. The second-order valence-electron chi connectivity index (χ2n) is 11.0. The van der Waals surface area contributed by atoms with Gasteiger partial charge in [-0.1, -0.05) is 52.0 Å². The van der Waals surface area contributed by atoms with Gasteiger partial charge in [0, 0.05) is 18.6 Å². The van der Waals surface area contributed by atoms with Crippen LogP contribution in [0.1, 0.15) is 60.8 Å². The van der Waals surface area contributed by atoms with Gasteiger partial charge >= 0.3 is 0 Å². The Morgan fingerprint density at radius 1 is 1.21 bits per heavy atom. The molecule has 1 aliphatic carbocycles. The van der Waals surface area contributed by atoms with E-state index in [1.165, 1.54) is 0 Å². The van der Waals surface area contributed by atoms with Crippen LogP contribution in [0.4, 0.5) is 0 Å². The van der Waals surface area contributed by atoms with Crippen LogP contribution >= 0.6 is 0 Å². The Morgan fingerprint density at radius 2 is 1.85 bits per heavy atom. The van der Waals surface area contributed by atoms with E-state index in [1.807, 2.05) is 26.0 Å². The smallest absolute Gasteiger partial charge is 0.192 e. The molecule has 0 N–H and O–H groups in total. The third-order valence-corrected chi connectivity index (χ3v) is 13.2. The van der Waals surface area contributed by atoms with Gasteiger partial charge in [-0.05, 0) is 68.9 Å². The molecule has 0 heterocycles. The lowest BCUT2D eigenvalue weighted by Crippen LogP contribution is -2.49. The molecular weight excluding hydrogens is 452 g/mol. The Labute approximate surface area is 203 Å². The maximum atomic E-state index is 12.9. The van der Waals surface area contributed by atoms with Crippen LogP contribution in [0, 0.1) is 5.41 Å². The number of benzene rings is 1. The molecule has 0 spiro atoms. The van der Waals surface area contributed by atoms with Gasteiger partial charge in [-0.2, -0.15) is 0 Å². The molecule has 33 heavy (non-hydrogen) atoms. The second-order valence-corrected chi connectivity index (χ2v) is 17.8. The average Bonchev–Trinajstić information content (AvgIpc) is 2.73. The van der Waals surface area contributed by atoms with Crippen LogP contribution in [0.5, 0.6) is 0 Å². The molecule has 1 saturated carbocycles. The van der Waals surface area contributed by atoms with E-state index in [0.717, 1.165) is 24.8 Å². The van der Waals surface area contributed by atoms with Crippen LogP contribution < -0.4 is 0 Å². The number of hydrogen-bond donors (Lipinski definition) is 0. The number of sulfone groups is 1. The fourth-order valence-electron chi connectivity index (χ4n) is 3.98. The van der Waals surface area contributed by atoms with E-state index in [1.54, 1.807) is 24.3 Å². The molecule has 1 aliphatic rings. The van der Waals surface area contributed by atoms with Gasteiger partial charge in [0.25, 0.3) is 0 Å². The Bertz CT molecular complexity index is 889. The van der Waals surface area contributed by atoms with Crippen LogP contribution in [-0.2, 0) is 23.7 Å². The molecule has 1 unspecified atom stereocenters. The van der Waals surface area contributed by atoms with Crippen molar-refractivity contribution in [3.05, 3.63) is 42.0 Å². The Morgan fingerprint density at radius 3 is 2.42 bits per heavy atom. The van der Waals surface area contributed by atoms with E-state index in [4.69, 9.17) is 13.9 Å². The highest BCUT2D eigenvalue weighted by molar-refractivity contribution is 7.91. The van der Waals surface area contributed by atoms with Crippen molar-refractivity contribution >= 4 is 18.2 Å². The number of rotatable bonds is 10. The summed E-state index contributed by atoms with van der Waals surface area (Å²) in [5.41, 5.74) is 0.787. The fourth-order valence-corrected chi connectivity index (χ4v) is 6.30. The lowest BCUT2D eigenvalue weighted by molar-refractivity contribution is -0.184. The zero-order chi connectivity index (χ0) is 24.9. The molecule has 1 fully saturated rings. The van der Waals surface area contributed by atoms with Crippen LogP contribution in [0.2, 0.25) is 18.1 Å². The third-order valence-electron chi connectivity index (χ3n) is 7.15. The van der Waals surface area contributed by atoms with Crippen molar-refractivity contribution in [3.63, 3.8) is 0 Å². The first-order valence-electron chi connectivity index (χ1n) is 12.1. The monoisotopic (exact) mass is 496 g/mol. The Hall–Kier alpha value is -0.993.